The van der Waals surface area contributed by atoms with E-state index in [9.17, 15) is 13.2 Å². The molecule has 0 unspecified atom stereocenters. The van der Waals surface area contributed by atoms with E-state index in [1.807, 2.05) is 49.4 Å². The van der Waals surface area contributed by atoms with Gasteiger partial charge < -0.3 is 4.74 Å². The molecule has 3 rings (SSSR count). The molecule has 0 radical (unpaired) electrons. The number of ether oxygens (including phenoxy) is 1. The average molecular weight is 395 g/mol. The zero-order chi connectivity index (χ0) is 20.1. The van der Waals surface area contributed by atoms with Crippen molar-refractivity contribution < 1.29 is 17.9 Å². The summed E-state index contributed by atoms with van der Waals surface area (Å²) in [5.41, 5.74) is 3.43. The highest BCUT2D eigenvalue weighted by molar-refractivity contribution is 7.92. The van der Waals surface area contributed by atoms with Gasteiger partial charge >= 0.3 is 5.97 Å². The zero-order valence-corrected chi connectivity index (χ0v) is 16.5. The number of methoxy groups -OCH3 is 1. The van der Waals surface area contributed by atoms with Gasteiger partial charge in [0.15, 0.2) is 0 Å². The number of carbonyl (C=O) groups excluding carboxylic acids is 1. The molecule has 0 amide bonds. The minimum absolute atomic E-state index is 0.00535. The van der Waals surface area contributed by atoms with Crippen molar-refractivity contribution in [3.63, 3.8) is 0 Å². The molecule has 0 saturated carbocycles. The number of esters is 1. The van der Waals surface area contributed by atoms with Crippen molar-refractivity contribution in [3.05, 3.63) is 95.1 Å². The second-order valence-electron chi connectivity index (χ2n) is 6.42. The van der Waals surface area contributed by atoms with Gasteiger partial charge in [-0.1, -0.05) is 60.2 Å². The number of aryl methyl sites for hydroxylation is 1. The van der Waals surface area contributed by atoms with Gasteiger partial charge in [-0.2, -0.15) is 0 Å². The molecular weight excluding hydrogens is 374 g/mol. The summed E-state index contributed by atoms with van der Waals surface area (Å²) < 4.78 is 33.4. The minimum Gasteiger partial charge on any atom is -0.465 e. The van der Waals surface area contributed by atoms with E-state index in [4.69, 9.17) is 4.74 Å². The number of nitrogens with one attached hydrogen (secondary N) is 1. The number of sulfonamides is 1. The summed E-state index contributed by atoms with van der Waals surface area (Å²) in [4.78, 5) is 11.9. The summed E-state index contributed by atoms with van der Waals surface area (Å²) in [6.07, 6.45) is 0.582. The van der Waals surface area contributed by atoms with Crippen LogP contribution in [0.1, 0.15) is 27.0 Å². The van der Waals surface area contributed by atoms with Crippen LogP contribution >= 0.6 is 0 Å². The number of rotatable bonds is 6. The van der Waals surface area contributed by atoms with Crippen molar-refractivity contribution in [1.29, 1.82) is 0 Å². The van der Waals surface area contributed by atoms with Crippen molar-refractivity contribution in [2.24, 2.45) is 0 Å². The SMILES string of the molecule is COC(=O)c1ccccc1S(=O)(=O)Nc1ccc(C)cc1Cc1ccccc1. The maximum Gasteiger partial charge on any atom is 0.339 e. The summed E-state index contributed by atoms with van der Waals surface area (Å²) in [5.74, 6) is -0.700. The summed E-state index contributed by atoms with van der Waals surface area (Å²) in [6.45, 7) is 1.96. The molecule has 0 fully saturated rings. The van der Waals surface area contributed by atoms with Gasteiger partial charge in [-0.15, -0.1) is 0 Å². The molecule has 144 valence electrons. The second kappa shape index (κ2) is 8.27. The van der Waals surface area contributed by atoms with Crippen LogP contribution in [0.25, 0.3) is 0 Å². The Hall–Kier alpha value is -3.12. The monoisotopic (exact) mass is 395 g/mol. The lowest BCUT2D eigenvalue weighted by molar-refractivity contribution is 0.0596. The van der Waals surface area contributed by atoms with Gasteiger partial charge in [0.05, 0.1) is 18.4 Å². The van der Waals surface area contributed by atoms with E-state index in [0.717, 1.165) is 16.7 Å². The molecule has 28 heavy (non-hydrogen) atoms. The molecule has 3 aromatic rings. The number of hydrogen-bond acceptors (Lipinski definition) is 4. The second-order valence-corrected chi connectivity index (χ2v) is 8.07. The van der Waals surface area contributed by atoms with Crippen LogP contribution in [0, 0.1) is 6.92 Å². The Morgan fingerprint density at radius 2 is 1.64 bits per heavy atom. The highest BCUT2D eigenvalue weighted by Crippen LogP contribution is 2.25. The molecule has 0 aliphatic carbocycles. The zero-order valence-electron chi connectivity index (χ0n) is 15.7. The Balaban J connectivity index is 1.99. The molecule has 0 bridgehead atoms. The van der Waals surface area contributed by atoms with Crippen LogP contribution in [-0.4, -0.2) is 21.5 Å². The van der Waals surface area contributed by atoms with Gasteiger partial charge in [0.2, 0.25) is 0 Å². The topological polar surface area (TPSA) is 72.5 Å². The molecule has 0 saturated heterocycles. The van der Waals surface area contributed by atoms with Gasteiger partial charge in [-0.25, -0.2) is 13.2 Å². The Kier molecular flexibility index (Phi) is 5.80. The number of benzene rings is 3. The maximum atomic E-state index is 13.0. The first-order valence-electron chi connectivity index (χ1n) is 8.74. The van der Waals surface area contributed by atoms with Crippen molar-refractivity contribution in [3.8, 4) is 0 Å². The van der Waals surface area contributed by atoms with Crippen LogP contribution in [0.5, 0.6) is 0 Å². The third-order valence-corrected chi connectivity index (χ3v) is 5.75. The molecule has 1 N–H and O–H groups in total. The Labute approximate surface area is 165 Å². The van der Waals surface area contributed by atoms with E-state index in [0.29, 0.717) is 12.1 Å². The highest BCUT2D eigenvalue weighted by Gasteiger charge is 2.23. The van der Waals surface area contributed by atoms with Gasteiger partial charge in [0, 0.05) is 0 Å². The van der Waals surface area contributed by atoms with Crippen molar-refractivity contribution >= 4 is 21.7 Å². The van der Waals surface area contributed by atoms with Crippen LogP contribution in [0.4, 0.5) is 5.69 Å². The lowest BCUT2D eigenvalue weighted by atomic mass is 10.0. The van der Waals surface area contributed by atoms with Crippen molar-refractivity contribution in [2.45, 2.75) is 18.2 Å². The lowest BCUT2D eigenvalue weighted by Gasteiger charge is -2.15. The smallest absolute Gasteiger partial charge is 0.339 e. The van der Waals surface area contributed by atoms with Crippen molar-refractivity contribution in [1.82, 2.24) is 0 Å². The van der Waals surface area contributed by atoms with E-state index in [2.05, 4.69) is 4.72 Å². The van der Waals surface area contributed by atoms with Crippen LogP contribution in [0.2, 0.25) is 0 Å². The Morgan fingerprint density at radius 3 is 2.36 bits per heavy atom. The van der Waals surface area contributed by atoms with E-state index >= 15 is 0 Å². The molecule has 0 atom stereocenters. The summed E-state index contributed by atoms with van der Waals surface area (Å²) in [7, 11) is -2.76. The van der Waals surface area contributed by atoms with Crippen LogP contribution in [0.3, 0.4) is 0 Å². The summed E-state index contributed by atoms with van der Waals surface area (Å²) in [5, 5.41) is 0. The summed E-state index contributed by atoms with van der Waals surface area (Å²) >= 11 is 0. The molecule has 0 heterocycles. The third-order valence-electron chi connectivity index (χ3n) is 4.32. The van der Waals surface area contributed by atoms with E-state index in [-0.39, 0.29) is 10.5 Å². The largest absolute Gasteiger partial charge is 0.465 e. The molecule has 0 aliphatic heterocycles. The number of carbonyl (C=O) groups is 1. The molecule has 3 aromatic carbocycles. The Morgan fingerprint density at radius 1 is 0.964 bits per heavy atom. The van der Waals surface area contributed by atoms with Gasteiger partial charge in [0.25, 0.3) is 10.0 Å². The van der Waals surface area contributed by atoms with Crippen LogP contribution in [0.15, 0.2) is 77.7 Å². The maximum absolute atomic E-state index is 13.0. The molecule has 0 spiro atoms. The average Bonchev–Trinajstić information content (AvgIpc) is 2.70. The van der Waals surface area contributed by atoms with Gasteiger partial charge in [0.1, 0.15) is 4.90 Å². The lowest BCUT2D eigenvalue weighted by Crippen LogP contribution is -2.18. The molecular formula is C22H21NO4S. The Bertz CT molecular complexity index is 1090. The number of anilines is 1. The molecule has 0 aliphatic rings. The number of hydrogen-bond donors (Lipinski definition) is 1. The first kappa shape index (κ1) is 19.6. The third kappa shape index (κ3) is 4.40. The molecule has 0 aromatic heterocycles. The fourth-order valence-corrected chi connectivity index (χ4v) is 4.26. The highest BCUT2D eigenvalue weighted by atomic mass is 32.2. The first-order valence-corrected chi connectivity index (χ1v) is 10.2. The van der Waals surface area contributed by atoms with Crippen LogP contribution < -0.4 is 4.72 Å². The molecule has 6 heteroatoms. The fourth-order valence-electron chi connectivity index (χ4n) is 2.96. The fraction of sp³-hybridized carbons (Fsp3) is 0.136. The van der Waals surface area contributed by atoms with Gasteiger partial charge in [-0.05, 0) is 42.7 Å². The van der Waals surface area contributed by atoms with E-state index in [1.54, 1.807) is 18.2 Å². The quantitative estimate of drug-likeness (QED) is 0.636. The normalized spacial score (nSPS) is 11.1. The standard InChI is InChI=1S/C22H21NO4S/c1-16-12-13-20(18(14-16)15-17-8-4-3-5-9-17)23-28(25,26)21-11-7-6-10-19(21)22(24)27-2/h3-14,23H,15H2,1-2H3. The minimum atomic E-state index is -3.98. The van der Waals surface area contributed by atoms with E-state index < -0.39 is 16.0 Å². The molecule has 5 nitrogen and oxygen atoms in total. The van der Waals surface area contributed by atoms with E-state index in [1.165, 1.54) is 19.2 Å². The van der Waals surface area contributed by atoms with Crippen LogP contribution in [-0.2, 0) is 21.2 Å². The predicted molar refractivity (Wildman–Crippen MR) is 109 cm³/mol. The van der Waals surface area contributed by atoms with Gasteiger partial charge in [-0.3, -0.25) is 4.72 Å². The van der Waals surface area contributed by atoms with Crippen molar-refractivity contribution in [2.75, 3.05) is 11.8 Å². The predicted octanol–water partition coefficient (Wildman–Crippen LogP) is 4.17. The first-order chi connectivity index (χ1) is 13.4. The summed E-state index contributed by atoms with van der Waals surface area (Å²) in [6, 6.07) is 21.3.